The maximum absolute atomic E-state index is 9.98. The van der Waals surface area contributed by atoms with Crippen LogP contribution < -0.4 is 4.74 Å². The van der Waals surface area contributed by atoms with Gasteiger partial charge in [-0.1, -0.05) is 24.3 Å². The van der Waals surface area contributed by atoms with Crippen molar-refractivity contribution >= 4 is 10.8 Å². The standard InChI is InChI=1S/C15H9N3O2/c16-9-12-5-6-17-18-15(12)20-14-8-11-4-2-1-3-10(11)7-13(14)19/h1-8,19H. The van der Waals surface area contributed by atoms with Crippen LogP contribution in [0.2, 0.25) is 0 Å². The summed E-state index contributed by atoms with van der Waals surface area (Å²) < 4.78 is 5.49. The van der Waals surface area contributed by atoms with Gasteiger partial charge in [0.25, 0.3) is 5.88 Å². The van der Waals surface area contributed by atoms with E-state index < -0.39 is 0 Å². The SMILES string of the molecule is N#Cc1ccnnc1Oc1cc2ccccc2cc1O. The minimum atomic E-state index is -0.0155. The van der Waals surface area contributed by atoms with E-state index in [4.69, 9.17) is 10.00 Å². The van der Waals surface area contributed by atoms with E-state index in [1.54, 1.807) is 12.1 Å². The average Bonchev–Trinajstić information content (AvgIpc) is 2.48. The van der Waals surface area contributed by atoms with Gasteiger partial charge in [0.1, 0.15) is 11.6 Å². The van der Waals surface area contributed by atoms with E-state index in [0.29, 0.717) is 0 Å². The van der Waals surface area contributed by atoms with Crippen LogP contribution in [0, 0.1) is 11.3 Å². The molecular weight excluding hydrogens is 254 g/mol. The first-order valence-corrected chi connectivity index (χ1v) is 5.89. The summed E-state index contributed by atoms with van der Waals surface area (Å²) in [5.41, 5.74) is 0.257. The van der Waals surface area contributed by atoms with Gasteiger partial charge in [-0.2, -0.15) is 10.4 Å². The van der Waals surface area contributed by atoms with Gasteiger partial charge in [0.15, 0.2) is 11.5 Å². The Morgan fingerprint density at radius 1 is 1.10 bits per heavy atom. The highest BCUT2D eigenvalue weighted by molar-refractivity contribution is 5.86. The van der Waals surface area contributed by atoms with E-state index in [9.17, 15) is 5.11 Å². The zero-order valence-electron chi connectivity index (χ0n) is 10.3. The number of benzene rings is 2. The normalized spacial score (nSPS) is 10.2. The van der Waals surface area contributed by atoms with Crippen LogP contribution in [0.25, 0.3) is 10.8 Å². The molecule has 0 amide bonds. The summed E-state index contributed by atoms with van der Waals surface area (Å²) in [5, 5.41) is 28.2. The number of aromatic hydroxyl groups is 1. The molecule has 3 aromatic rings. The molecule has 0 radical (unpaired) electrons. The first kappa shape index (κ1) is 11.9. The lowest BCUT2D eigenvalue weighted by Crippen LogP contribution is -1.94. The number of fused-ring (bicyclic) bond motifs is 1. The van der Waals surface area contributed by atoms with Gasteiger partial charge < -0.3 is 9.84 Å². The minimum Gasteiger partial charge on any atom is -0.504 e. The van der Waals surface area contributed by atoms with E-state index in [1.165, 1.54) is 12.3 Å². The topological polar surface area (TPSA) is 79.0 Å². The molecule has 5 nitrogen and oxygen atoms in total. The van der Waals surface area contributed by atoms with Gasteiger partial charge in [0, 0.05) is 0 Å². The second kappa shape index (κ2) is 4.86. The zero-order valence-corrected chi connectivity index (χ0v) is 10.3. The van der Waals surface area contributed by atoms with E-state index in [-0.39, 0.29) is 22.9 Å². The number of hydrogen-bond acceptors (Lipinski definition) is 5. The highest BCUT2D eigenvalue weighted by Crippen LogP contribution is 2.34. The Bertz CT molecular complexity index is 825. The first-order valence-electron chi connectivity index (χ1n) is 5.89. The lowest BCUT2D eigenvalue weighted by molar-refractivity contribution is 0.399. The Morgan fingerprint density at radius 2 is 1.85 bits per heavy atom. The van der Waals surface area contributed by atoms with E-state index in [2.05, 4.69) is 10.2 Å². The average molecular weight is 263 g/mol. The minimum absolute atomic E-state index is 0.0155. The molecular formula is C15H9N3O2. The van der Waals surface area contributed by atoms with Crippen molar-refractivity contribution in [3.63, 3.8) is 0 Å². The summed E-state index contributed by atoms with van der Waals surface area (Å²) in [6, 6.07) is 14.3. The smallest absolute Gasteiger partial charge is 0.257 e. The van der Waals surface area contributed by atoms with Crippen LogP contribution in [-0.4, -0.2) is 15.3 Å². The number of rotatable bonds is 2. The fourth-order valence-electron chi connectivity index (χ4n) is 1.87. The maximum Gasteiger partial charge on any atom is 0.257 e. The molecule has 0 unspecified atom stereocenters. The Kier molecular flexibility index (Phi) is 2.90. The van der Waals surface area contributed by atoms with Gasteiger partial charge in [0.05, 0.1) is 6.20 Å². The molecule has 20 heavy (non-hydrogen) atoms. The Morgan fingerprint density at radius 3 is 2.60 bits per heavy atom. The third kappa shape index (κ3) is 2.10. The van der Waals surface area contributed by atoms with Crippen molar-refractivity contribution < 1.29 is 9.84 Å². The molecule has 0 fully saturated rings. The molecule has 0 aliphatic rings. The van der Waals surface area contributed by atoms with Crippen molar-refractivity contribution in [3.8, 4) is 23.4 Å². The fourth-order valence-corrected chi connectivity index (χ4v) is 1.87. The molecule has 2 aromatic carbocycles. The molecule has 1 N–H and O–H groups in total. The van der Waals surface area contributed by atoms with Crippen molar-refractivity contribution in [1.29, 1.82) is 5.26 Å². The van der Waals surface area contributed by atoms with Gasteiger partial charge >= 0.3 is 0 Å². The fraction of sp³-hybridized carbons (Fsp3) is 0. The summed E-state index contributed by atoms with van der Waals surface area (Å²) in [7, 11) is 0. The van der Waals surface area contributed by atoms with E-state index in [0.717, 1.165) is 10.8 Å². The predicted molar refractivity (Wildman–Crippen MR) is 72.4 cm³/mol. The number of nitrogens with zero attached hydrogens (tertiary/aromatic N) is 3. The molecule has 5 heteroatoms. The molecule has 0 aliphatic carbocycles. The lowest BCUT2D eigenvalue weighted by Gasteiger charge is -2.08. The second-order valence-electron chi connectivity index (χ2n) is 4.13. The number of phenolic OH excluding ortho intramolecular Hbond substituents is 1. The van der Waals surface area contributed by atoms with Crippen LogP contribution in [0.15, 0.2) is 48.7 Å². The van der Waals surface area contributed by atoms with Gasteiger partial charge in [-0.25, -0.2) is 0 Å². The van der Waals surface area contributed by atoms with Gasteiger partial charge in [0.2, 0.25) is 0 Å². The Labute approximate surface area is 114 Å². The van der Waals surface area contributed by atoms with Gasteiger partial charge in [-0.05, 0) is 29.0 Å². The van der Waals surface area contributed by atoms with Gasteiger partial charge in [-0.3, -0.25) is 0 Å². The zero-order chi connectivity index (χ0) is 13.9. The number of hydrogen-bond donors (Lipinski definition) is 1. The number of aromatic nitrogens is 2. The molecule has 1 aromatic heterocycles. The van der Waals surface area contributed by atoms with E-state index >= 15 is 0 Å². The first-order chi connectivity index (χ1) is 9.78. The molecule has 0 bridgehead atoms. The summed E-state index contributed by atoms with van der Waals surface area (Å²) in [6.45, 7) is 0. The maximum atomic E-state index is 9.98. The van der Waals surface area contributed by atoms with Crippen molar-refractivity contribution in [2.24, 2.45) is 0 Å². The molecule has 96 valence electrons. The van der Waals surface area contributed by atoms with Gasteiger partial charge in [-0.15, -0.1) is 5.10 Å². The summed E-state index contributed by atoms with van der Waals surface area (Å²) >= 11 is 0. The molecule has 0 atom stereocenters. The highest BCUT2D eigenvalue weighted by Gasteiger charge is 2.10. The Hall–Kier alpha value is -3.13. The lowest BCUT2D eigenvalue weighted by atomic mass is 10.1. The summed E-state index contributed by atoms with van der Waals surface area (Å²) in [4.78, 5) is 0. The molecule has 0 saturated heterocycles. The third-order valence-corrected chi connectivity index (χ3v) is 2.84. The van der Waals surface area contributed by atoms with Crippen molar-refractivity contribution in [2.45, 2.75) is 0 Å². The van der Waals surface area contributed by atoms with Crippen LogP contribution in [0.5, 0.6) is 17.4 Å². The molecule has 0 spiro atoms. The van der Waals surface area contributed by atoms with Crippen LogP contribution in [0.4, 0.5) is 0 Å². The largest absolute Gasteiger partial charge is 0.504 e. The van der Waals surface area contributed by atoms with Crippen LogP contribution in [0.3, 0.4) is 0 Å². The third-order valence-electron chi connectivity index (χ3n) is 2.84. The van der Waals surface area contributed by atoms with Crippen molar-refractivity contribution in [2.75, 3.05) is 0 Å². The highest BCUT2D eigenvalue weighted by atomic mass is 16.5. The molecule has 0 aliphatic heterocycles. The van der Waals surface area contributed by atoms with Crippen molar-refractivity contribution in [1.82, 2.24) is 10.2 Å². The Balaban J connectivity index is 2.07. The number of ether oxygens (including phenoxy) is 1. The summed E-state index contributed by atoms with van der Waals surface area (Å²) in [6.07, 6.45) is 1.41. The van der Waals surface area contributed by atoms with Crippen LogP contribution in [-0.2, 0) is 0 Å². The molecule has 0 saturated carbocycles. The van der Waals surface area contributed by atoms with Crippen molar-refractivity contribution in [3.05, 3.63) is 54.2 Å². The van der Waals surface area contributed by atoms with Crippen LogP contribution in [0.1, 0.15) is 5.56 Å². The summed E-state index contributed by atoms with van der Waals surface area (Å²) in [5.74, 6) is 0.291. The molecule has 1 heterocycles. The number of phenols is 1. The molecule has 3 rings (SSSR count). The van der Waals surface area contributed by atoms with Crippen LogP contribution >= 0.6 is 0 Å². The quantitative estimate of drug-likeness (QED) is 0.768. The monoisotopic (exact) mass is 263 g/mol. The van der Waals surface area contributed by atoms with E-state index in [1.807, 2.05) is 30.3 Å². The predicted octanol–water partition coefficient (Wildman–Crippen LogP) is 3.00. The second-order valence-corrected chi connectivity index (χ2v) is 4.13. The number of nitriles is 1.